The lowest BCUT2D eigenvalue weighted by Gasteiger charge is -2.11. The van der Waals surface area contributed by atoms with Crippen LogP contribution < -0.4 is 11.1 Å². The summed E-state index contributed by atoms with van der Waals surface area (Å²) in [6.45, 7) is 2.03. The molecule has 0 radical (unpaired) electrons. The third-order valence-corrected chi connectivity index (χ3v) is 3.03. The van der Waals surface area contributed by atoms with Crippen molar-refractivity contribution in [2.45, 2.75) is 25.8 Å². The number of nitrogens with two attached hydrogens (primary N) is 1. The molecule has 1 heterocycles. The zero-order valence-corrected chi connectivity index (χ0v) is 10.9. The van der Waals surface area contributed by atoms with Gasteiger partial charge in [0.2, 0.25) is 0 Å². The molecular weight excluding hydrogens is 238 g/mol. The molecule has 0 fully saturated rings. The maximum Gasteiger partial charge on any atom is 0.254 e. The summed E-state index contributed by atoms with van der Waals surface area (Å²) in [5.41, 5.74) is 7.80. The quantitative estimate of drug-likeness (QED) is 0.579. The number of fused-ring (bicyclic) bond motifs is 1. The first-order valence-electron chi connectivity index (χ1n) is 6.29. The molecule has 0 bridgehead atoms. The highest BCUT2D eigenvalue weighted by Crippen LogP contribution is 2.20. The van der Waals surface area contributed by atoms with Crippen LogP contribution in [0.4, 0.5) is 5.69 Å². The number of aromatic nitrogens is 1. The Morgan fingerprint density at radius 3 is 3.05 bits per heavy atom. The Labute approximate surface area is 112 Å². The highest BCUT2D eigenvalue weighted by atomic mass is 16.1. The molecule has 98 valence electrons. The summed E-state index contributed by atoms with van der Waals surface area (Å²) in [5, 5.41) is 3.70. The molecule has 4 N–H and O–H groups in total. The van der Waals surface area contributed by atoms with Crippen molar-refractivity contribution >= 4 is 22.5 Å². The Balaban J connectivity index is 2.25. The minimum Gasteiger partial charge on any atom is -0.399 e. The molecule has 0 aliphatic heterocycles. The lowest BCUT2D eigenvalue weighted by Crippen LogP contribution is -2.33. The predicted octanol–water partition coefficient (Wildman–Crippen LogP) is 2.28. The van der Waals surface area contributed by atoms with Crippen molar-refractivity contribution < 1.29 is 4.79 Å². The summed E-state index contributed by atoms with van der Waals surface area (Å²) in [7, 11) is 0. The third-order valence-electron chi connectivity index (χ3n) is 3.03. The molecule has 0 spiro atoms. The highest BCUT2D eigenvalue weighted by Gasteiger charge is 2.14. The Morgan fingerprint density at radius 2 is 2.37 bits per heavy atom. The Kier molecular flexibility index (Phi) is 3.76. The van der Waals surface area contributed by atoms with E-state index in [0.717, 1.165) is 23.7 Å². The van der Waals surface area contributed by atoms with Crippen molar-refractivity contribution in [3.8, 4) is 12.3 Å². The monoisotopic (exact) mass is 255 g/mol. The largest absolute Gasteiger partial charge is 0.399 e. The Morgan fingerprint density at radius 1 is 1.58 bits per heavy atom. The Hall–Kier alpha value is -2.41. The minimum absolute atomic E-state index is 0.160. The second kappa shape index (κ2) is 5.49. The van der Waals surface area contributed by atoms with Crippen LogP contribution in [-0.2, 0) is 0 Å². The van der Waals surface area contributed by atoms with Crippen LogP contribution in [0.25, 0.3) is 10.9 Å². The summed E-state index contributed by atoms with van der Waals surface area (Å²) in [6, 6.07) is 5.19. The number of carbonyl (C=O) groups excluding carboxylic acids is 1. The van der Waals surface area contributed by atoms with E-state index in [1.807, 2.05) is 13.0 Å². The van der Waals surface area contributed by atoms with E-state index >= 15 is 0 Å². The van der Waals surface area contributed by atoms with E-state index in [-0.39, 0.29) is 11.9 Å². The summed E-state index contributed by atoms with van der Waals surface area (Å²) in [4.78, 5) is 15.2. The SMILES string of the molecule is C#CC(CCC)NC(=O)c1c[nH]c2cc(N)ccc12. The lowest BCUT2D eigenvalue weighted by atomic mass is 10.1. The fourth-order valence-corrected chi connectivity index (χ4v) is 2.05. The third kappa shape index (κ3) is 2.71. The fraction of sp³-hybridized carbons (Fsp3) is 0.267. The molecule has 1 aromatic carbocycles. The molecular formula is C15H17N3O. The van der Waals surface area contributed by atoms with E-state index in [0.29, 0.717) is 11.3 Å². The maximum absolute atomic E-state index is 12.2. The van der Waals surface area contributed by atoms with Crippen molar-refractivity contribution in [3.63, 3.8) is 0 Å². The number of carbonyl (C=O) groups is 1. The van der Waals surface area contributed by atoms with Crippen molar-refractivity contribution in [3.05, 3.63) is 30.0 Å². The van der Waals surface area contributed by atoms with Gasteiger partial charge in [0.05, 0.1) is 11.6 Å². The molecule has 1 unspecified atom stereocenters. The average molecular weight is 255 g/mol. The van der Waals surface area contributed by atoms with E-state index in [2.05, 4.69) is 16.2 Å². The molecule has 4 heteroatoms. The van der Waals surface area contributed by atoms with Crippen molar-refractivity contribution in [1.82, 2.24) is 10.3 Å². The smallest absolute Gasteiger partial charge is 0.254 e. The molecule has 1 amide bonds. The normalized spacial score (nSPS) is 12.0. The Bertz CT molecular complexity index is 636. The first-order chi connectivity index (χ1) is 9.15. The zero-order chi connectivity index (χ0) is 13.8. The van der Waals surface area contributed by atoms with E-state index in [1.165, 1.54) is 0 Å². The van der Waals surface area contributed by atoms with Crippen LogP contribution in [0, 0.1) is 12.3 Å². The van der Waals surface area contributed by atoms with Crippen molar-refractivity contribution in [2.75, 3.05) is 5.73 Å². The number of hydrogen-bond donors (Lipinski definition) is 3. The molecule has 0 saturated carbocycles. The summed E-state index contributed by atoms with van der Waals surface area (Å²) in [5.74, 6) is 2.43. The van der Waals surface area contributed by atoms with Gasteiger partial charge in [-0.2, -0.15) is 0 Å². The minimum atomic E-state index is -0.226. The zero-order valence-electron chi connectivity index (χ0n) is 10.9. The molecule has 0 saturated heterocycles. The number of benzene rings is 1. The second-order valence-electron chi connectivity index (χ2n) is 4.49. The number of hydrogen-bond acceptors (Lipinski definition) is 2. The van der Waals surface area contributed by atoms with Gasteiger partial charge in [-0.15, -0.1) is 6.42 Å². The van der Waals surface area contributed by atoms with Crippen LogP contribution in [0.15, 0.2) is 24.4 Å². The van der Waals surface area contributed by atoms with Gasteiger partial charge in [-0.25, -0.2) is 0 Å². The van der Waals surface area contributed by atoms with Crippen molar-refractivity contribution in [1.29, 1.82) is 0 Å². The molecule has 2 aromatic rings. The molecule has 1 atom stereocenters. The average Bonchev–Trinajstić information content (AvgIpc) is 2.80. The van der Waals surface area contributed by atoms with Gasteiger partial charge < -0.3 is 16.0 Å². The first-order valence-corrected chi connectivity index (χ1v) is 6.29. The summed E-state index contributed by atoms with van der Waals surface area (Å²) >= 11 is 0. The van der Waals surface area contributed by atoms with E-state index in [4.69, 9.17) is 12.2 Å². The van der Waals surface area contributed by atoms with Crippen LogP contribution in [0.5, 0.6) is 0 Å². The van der Waals surface area contributed by atoms with Gasteiger partial charge in [0.1, 0.15) is 0 Å². The molecule has 19 heavy (non-hydrogen) atoms. The van der Waals surface area contributed by atoms with Gasteiger partial charge in [0, 0.05) is 22.8 Å². The van der Waals surface area contributed by atoms with Crippen LogP contribution >= 0.6 is 0 Å². The predicted molar refractivity (Wildman–Crippen MR) is 77.7 cm³/mol. The van der Waals surface area contributed by atoms with Gasteiger partial charge in [0.25, 0.3) is 5.91 Å². The number of nitrogen functional groups attached to an aromatic ring is 1. The number of aromatic amines is 1. The summed E-state index contributed by atoms with van der Waals surface area (Å²) in [6.07, 6.45) is 8.79. The molecule has 0 aliphatic rings. The number of terminal acetylenes is 1. The lowest BCUT2D eigenvalue weighted by molar-refractivity contribution is 0.0946. The number of rotatable bonds is 4. The maximum atomic E-state index is 12.2. The second-order valence-corrected chi connectivity index (χ2v) is 4.49. The number of amides is 1. The van der Waals surface area contributed by atoms with Crippen LogP contribution in [0.1, 0.15) is 30.1 Å². The van der Waals surface area contributed by atoms with Crippen LogP contribution in [-0.4, -0.2) is 16.9 Å². The van der Waals surface area contributed by atoms with Crippen LogP contribution in [0.3, 0.4) is 0 Å². The topological polar surface area (TPSA) is 70.9 Å². The molecule has 1 aromatic heterocycles. The number of nitrogens with one attached hydrogen (secondary N) is 2. The number of H-pyrrole nitrogens is 1. The fourth-order valence-electron chi connectivity index (χ4n) is 2.05. The highest BCUT2D eigenvalue weighted by molar-refractivity contribution is 6.07. The van der Waals surface area contributed by atoms with E-state index < -0.39 is 0 Å². The van der Waals surface area contributed by atoms with Crippen LogP contribution in [0.2, 0.25) is 0 Å². The van der Waals surface area contributed by atoms with Gasteiger partial charge in [-0.3, -0.25) is 4.79 Å². The van der Waals surface area contributed by atoms with E-state index in [9.17, 15) is 4.79 Å². The van der Waals surface area contributed by atoms with Gasteiger partial charge >= 0.3 is 0 Å². The molecule has 2 rings (SSSR count). The standard InChI is InChI=1S/C15H17N3O/c1-3-5-11(4-2)18-15(19)13-9-17-14-8-10(16)6-7-12(13)14/h2,6-9,11,17H,3,5,16H2,1H3,(H,18,19). The van der Waals surface area contributed by atoms with Gasteiger partial charge in [0.15, 0.2) is 0 Å². The van der Waals surface area contributed by atoms with Gasteiger partial charge in [-0.05, 0) is 24.6 Å². The van der Waals surface area contributed by atoms with Gasteiger partial charge in [-0.1, -0.05) is 19.3 Å². The first kappa shape index (κ1) is 13.0. The molecule has 4 nitrogen and oxygen atoms in total. The molecule has 0 aliphatic carbocycles. The van der Waals surface area contributed by atoms with Crippen molar-refractivity contribution in [2.24, 2.45) is 0 Å². The van der Waals surface area contributed by atoms with E-state index in [1.54, 1.807) is 18.3 Å². The number of anilines is 1. The summed E-state index contributed by atoms with van der Waals surface area (Å²) < 4.78 is 0.